The Kier molecular flexibility index (Phi) is 9.05. The van der Waals surface area contributed by atoms with E-state index in [0.717, 1.165) is 12.8 Å². The number of hydrogen-bond acceptors (Lipinski definition) is 3. The molecule has 0 saturated carbocycles. The van der Waals surface area contributed by atoms with Crippen LogP contribution < -0.4 is 10.0 Å². The molecule has 1 aromatic rings. The average molecular weight is 321 g/mol. The monoisotopic (exact) mass is 320 g/mol. The fourth-order valence-corrected chi connectivity index (χ4v) is 2.72. The molecule has 6 heteroatoms. The molecule has 1 rings (SSSR count). The van der Waals surface area contributed by atoms with E-state index in [1.807, 2.05) is 12.1 Å². The van der Waals surface area contributed by atoms with Crippen LogP contribution in [0.15, 0.2) is 29.2 Å². The van der Waals surface area contributed by atoms with Crippen molar-refractivity contribution in [1.29, 1.82) is 0 Å². The first-order valence-electron chi connectivity index (χ1n) is 6.69. The largest absolute Gasteiger partial charge is 0.318 e. The zero-order valence-corrected chi connectivity index (χ0v) is 14.0. The molecule has 20 heavy (non-hydrogen) atoms. The normalized spacial score (nSPS) is 11.4. The van der Waals surface area contributed by atoms with Gasteiger partial charge in [-0.25, -0.2) is 13.1 Å². The summed E-state index contributed by atoms with van der Waals surface area (Å²) in [6.07, 6.45) is 2.11. The maximum absolute atomic E-state index is 11.9. The van der Waals surface area contributed by atoms with Gasteiger partial charge in [-0.15, -0.1) is 12.4 Å². The Morgan fingerprint density at radius 2 is 1.70 bits per heavy atom. The van der Waals surface area contributed by atoms with E-state index < -0.39 is 10.0 Å². The zero-order chi connectivity index (χ0) is 14.3. The van der Waals surface area contributed by atoms with Gasteiger partial charge in [0.05, 0.1) is 4.90 Å². The molecule has 0 atom stereocenters. The Morgan fingerprint density at radius 1 is 1.10 bits per heavy atom. The molecular weight excluding hydrogens is 296 g/mol. The van der Waals surface area contributed by atoms with Crippen LogP contribution in [-0.2, 0) is 16.4 Å². The van der Waals surface area contributed by atoms with Crippen LogP contribution >= 0.6 is 12.4 Å². The maximum Gasteiger partial charge on any atom is 0.240 e. The smallest absolute Gasteiger partial charge is 0.240 e. The molecule has 0 aliphatic carbocycles. The summed E-state index contributed by atoms with van der Waals surface area (Å²) in [7, 11) is -1.58. The highest BCUT2D eigenvalue weighted by Gasteiger charge is 2.12. The highest BCUT2D eigenvalue weighted by Crippen LogP contribution is 2.13. The third-order valence-corrected chi connectivity index (χ3v) is 4.39. The van der Waals surface area contributed by atoms with Crippen LogP contribution in [0, 0.1) is 5.92 Å². The zero-order valence-electron chi connectivity index (χ0n) is 12.3. The van der Waals surface area contributed by atoms with Gasteiger partial charge in [0.1, 0.15) is 0 Å². The Morgan fingerprint density at radius 3 is 2.20 bits per heavy atom. The van der Waals surface area contributed by atoms with Crippen molar-refractivity contribution in [2.75, 3.05) is 20.1 Å². The van der Waals surface area contributed by atoms with Crippen LogP contribution in [0.3, 0.4) is 0 Å². The predicted octanol–water partition coefficient (Wildman–Crippen LogP) is 2.19. The Balaban J connectivity index is 0.00000361. The SMILES string of the molecule is CNCCNS(=O)(=O)c1ccc(CCC(C)C)cc1.Cl. The summed E-state index contributed by atoms with van der Waals surface area (Å²) < 4.78 is 26.4. The summed E-state index contributed by atoms with van der Waals surface area (Å²) in [5.74, 6) is 0.659. The first-order valence-corrected chi connectivity index (χ1v) is 8.17. The molecule has 0 aromatic heterocycles. The van der Waals surface area contributed by atoms with Gasteiger partial charge in [-0.1, -0.05) is 26.0 Å². The van der Waals surface area contributed by atoms with E-state index in [1.165, 1.54) is 5.56 Å². The lowest BCUT2D eigenvalue weighted by Crippen LogP contribution is -2.30. The highest BCUT2D eigenvalue weighted by atomic mass is 35.5. The minimum atomic E-state index is -3.37. The number of sulfonamides is 1. The highest BCUT2D eigenvalue weighted by molar-refractivity contribution is 7.89. The second-order valence-electron chi connectivity index (χ2n) is 5.08. The molecule has 0 radical (unpaired) electrons. The molecule has 0 bridgehead atoms. The van der Waals surface area contributed by atoms with E-state index in [2.05, 4.69) is 23.9 Å². The van der Waals surface area contributed by atoms with Crippen molar-refractivity contribution in [3.05, 3.63) is 29.8 Å². The standard InChI is InChI=1S/C14H24N2O2S.ClH/c1-12(2)4-5-13-6-8-14(9-7-13)19(17,18)16-11-10-15-3;/h6-9,12,15-16H,4-5,10-11H2,1-3H3;1H. The van der Waals surface area contributed by atoms with Crippen molar-refractivity contribution >= 4 is 22.4 Å². The first kappa shape index (κ1) is 19.4. The average Bonchev–Trinajstić information content (AvgIpc) is 2.37. The molecule has 0 spiro atoms. The van der Waals surface area contributed by atoms with E-state index in [4.69, 9.17) is 0 Å². The van der Waals surface area contributed by atoms with Gasteiger partial charge in [-0.2, -0.15) is 0 Å². The van der Waals surface area contributed by atoms with Gasteiger partial charge in [0.15, 0.2) is 0 Å². The van der Waals surface area contributed by atoms with E-state index in [1.54, 1.807) is 19.2 Å². The Hall–Kier alpha value is -0.620. The summed E-state index contributed by atoms with van der Waals surface area (Å²) in [6, 6.07) is 7.15. The van der Waals surface area contributed by atoms with Crippen molar-refractivity contribution in [3.63, 3.8) is 0 Å². The third kappa shape index (κ3) is 6.70. The van der Waals surface area contributed by atoms with Crippen LogP contribution in [0.5, 0.6) is 0 Å². The number of aryl methyl sites for hydroxylation is 1. The number of halogens is 1. The Bertz CT molecular complexity index is 472. The summed E-state index contributed by atoms with van der Waals surface area (Å²) in [5, 5.41) is 2.90. The van der Waals surface area contributed by atoms with Crippen molar-refractivity contribution < 1.29 is 8.42 Å². The van der Waals surface area contributed by atoms with Gasteiger partial charge in [-0.3, -0.25) is 0 Å². The molecule has 116 valence electrons. The topological polar surface area (TPSA) is 58.2 Å². The molecule has 0 amide bonds. The van der Waals surface area contributed by atoms with Crippen LogP contribution in [-0.4, -0.2) is 28.6 Å². The number of likely N-dealkylation sites (N-methyl/N-ethyl adjacent to an activating group) is 1. The number of rotatable bonds is 8. The molecule has 0 unspecified atom stereocenters. The molecule has 0 aliphatic heterocycles. The van der Waals surface area contributed by atoms with Crippen LogP contribution in [0.25, 0.3) is 0 Å². The second-order valence-corrected chi connectivity index (χ2v) is 6.84. The molecular formula is C14H25ClN2O2S. The first-order chi connectivity index (χ1) is 8.95. The fourth-order valence-electron chi connectivity index (χ4n) is 1.68. The lowest BCUT2D eigenvalue weighted by atomic mass is 10.0. The molecule has 0 aliphatic rings. The van der Waals surface area contributed by atoms with Gasteiger partial charge < -0.3 is 5.32 Å². The molecule has 1 aromatic carbocycles. The number of nitrogens with one attached hydrogen (secondary N) is 2. The molecule has 0 heterocycles. The van der Waals surface area contributed by atoms with Crippen LogP contribution in [0.2, 0.25) is 0 Å². The molecule has 2 N–H and O–H groups in total. The number of benzene rings is 1. The van der Waals surface area contributed by atoms with E-state index in [9.17, 15) is 8.42 Å². The maximum atomic E-state index is 11.9. The van der Waals surface area contributed by atoms with Gasteiger partial charge >= 0.3 is 0 Å². The molecule has 0 fully saturated rings. The summed E-state index contributed by atoms with van der Waals surface area (Å²) in [4.78, 5) is 0.330. The summed E-state index contributed by atoms with van der Waals surface area (Å²) in [6.45, 7) is 5.38. The van der Waals surface area contributed by atoms with Crippen LogP contribution in [0.1, 0.15) is 25.8 Å². The number of hydrogen-bond donors (Lipinski definition) is 2. The quantitative estimate of drug-likeness (QED) is 0.722. The second kappa shape index (κ2) is 9.34. The minimum absolute atomic E-state index is 0. The van der Waals surface area contributed by atoms with Gasteiger partial charge in [0, 0.05) is 13.1 Å². The Labute approximate surface area is 128 Å². The fraction of sp³-hybridized carbons (Fsp3) is 0.571. The van der Waals surface area contributed by atoms with Crippen molar-refractivity contribution in [2.45, 2.75) is 31.6 Å². The lowest BCUT2D eigenvalue weighted by molar-refractivity contribution is 0.578. The van der Waals surface area contributed by atoms with Gasteiger partial charge in [0.2, 0.25) is 10.0 Å². The molecule has 4 nitrogen and oxygen atoms in total. The van der Waals surface area contributed by atoms with Crippen molar-refractivity contribution in [1.82, 2.24) is 10.0 Å². The van der Waals surface area contributed by atoms with Gasteiger partial charge in [-0.05, 0) is 43.5 Å². The minimum Gasteiger partial charge on any atom is -0.318 e. The van der Waals surface area contributed by atoms with E-state index in [-0.39, 0.29) is 12.4 Å². The van der Waals surface area contributed by atoms with E-state index >= 15 is 0 Å². The van der Waals surface area contributed by atoms with Gasteiger partial charge in [0.25, 0.3) is 0 Å². The molecule has 0 saturated heterocycles. The summed E-state index contributed by atoms with van der Waals surface area (Å²) in [5.41, 5.74) is 1.18. The van der Waals surface area contributed by atoms with Crippen LogP contribution in [0.4, 0.5) is 0 Å². The summed E-state index contributed by atoms with van der Waals surface area (Å²) >= 11 is 0. The van der Waals surface area contributed by atoms with Crippen molar-refractivity contribution in [2.24, 2.45) is 5.92 Å². The van der Waals surface area contributed by atoms with E-state index in [0.29, 0.717) is 23.9 Å². The predicted molar refractivity (Wildman–Crippen MR) is 86.0 cm³/mol. The lowest BCUT2D eigenvalue weighted by Gasteiger charge is -2.08. The third-order valence-electron chi connectivity index (χ3n) is 2.91. The van der Waals surface area contributed by atoms with Crippen molar-refractivity contribution in [3.8, 4) is 0 Å².